The largest absolute Gasteiger partial charge is 0.370 e. The highest BCUT2D eigenvalue weighted by atomic mass is 127. The van der Waals surface area contributed by atoms with Gasteiger partial charge in [-0.25, -0.2) is 4.39 Å². The summed E-state index contributed by atoms with van der Waals surface area (Å²) in [6.07, 6.45) is 4.81. The minimum atomic E-state index is -0.212. The third-order valence-electron chi connectivity index (χ3n) is 5.33. The lowest BCUT2D eigenvalue weighted by Crippen LogP contribution is -2.51. The molecule has 8 heteroatoms. The zero-order valence-corrected chi connectivity index (χ0v) is 18.7. The molecule has 6 nitrogen and oxygen atoms in total. The molecule has 1 aromatic carbocycles. The van der Waals surface area contributed by atoms with E-state index in [-0.39, 0.29) is 35.7 Å². The Bertz CT molecular complexity index is 647. The Morgan fingerprint density at radius 2 is 1.75 bits per heavy atom. The molecule has 3 rings (SSSR count). The van der Waals surface area contributed by atoms with Gasteiger partial charge in [0.2, 0.25) is 5.91 Å². The SMILES string of the molecule is I.NC(=NCCCN1CCCCCC1=O)N1CCN(c2ccc(F)cc2)CC1. The maximum absolute atomic E-state index is 13.0. The van der Waals surface area contributed by atoms with Crippen molar-refractivity contribution in [3.8, 4) is 0 Å². The number of aliphatic imine (C=N–C) groups is 1. The van der Waals surface area contributed by atoms with Crippen LogP contribution in [0.1, 0.15) is 32.1 Å². The number of halogens is 2. The van der Waals surface area contributed by atoms with E-state index in [4.69, 9.17) is 5.73 Å². The molecule has 1 aromatic rings. The van der Waals surface area contributed by atoms with Gasteiger partial charge in [0.05, 0.1) is 0 Å². The van der Waals surface area contributed by atoms with Crippen molar-refractivity contribution in [1.82, 2.24) is 9.80 Å². The topological polar surface area (TPSA) is 65.2 Å². The molecule has 2 heterocycles. The molecule has 0 bridgehead atoms. The molecule has 2 aliphatic rings. The van der Waals surface area contributed by atoms with Crippen LogP contribution in [0.4, 0.5) is 10.1 Å². The monoisotopic (exact) mass is 503 g/mol. The number of amides is 1. The molecule has 28 heavy (non-hydrogen) atoms. The van der Waals surface area contributed by atoms with E-state index in [1.165, 1.54) is 12.1 Å². The first-order valence-electron chi connectivity index (χ1n) is 9.96. The number of anilines is 1. The van der Waals surface area contributed by atoms with E-state index in [9.17, 15) is 9.18 Å². The van der Waals surface area contributed by atoms with Gasteiger partial charge in [-0.05, 0) is 43.5 Å². The number of carbonyl (C=O) groups excluding carboxylic acids is 1. The average Bonchev–Trinajstić information content (AvgIpc) is 2.90. The maximum atomic E-state index is 13.0. The molecular formula is C20H31FIN5O. The van der Waals surface area contributed by atoms with Crippen LogP contribution in [0.2, 0.25) is 0 Å². The predicted octanol–water partition coefficient (Wildman–Crippen LogP) is 2.67. The van der Waals surface area contributed by atoms with Crippen molar-refractivity contribution in [2.75, 3.05) is 50.7 Å². The second kappa shape index (κ2) is 11.4. The summed E-state index contributed by atoms with van der Waals surface area (Å²) < 4.78 is 13.0. The summed E-state index contributed by atoms with van der Waals surface area (Å²) in [5.41, 5.74) is 7.19. The molecule has 0 spiro atoms. The van der Waals surface area contributed by atoms with Crippen LogP contribution in [-0.2, 0) is 4.79 Å². The molecule has 0 atom stereocenters. The lowest BCUT2D eigenvalue weighted by molar-refractivity contribution is -0.130. The van der Waals surface area contributed by atoms with Crippen LogP contribution in [0.25, 0.3) is 0 Å². The smallest absolute Gasteiger partial charge is 0.222 e. The summed E-state index contributed by atoms with van der Waals surface area (Å²) in [7, 11) is 0. The molecule has 0 unspecified atom stereocenters. The fourth-order valence-corrected chi connectivity index (χ4v) is 3.68. The number of hydrogen-bond donors (Lipinski definition) is 1. The lowest BCUT2D eigenvalue weighted by Gasteiger charge is -2.36. The molecule has 2 fully saturated rings. The third-order valence-corrected chi connectivity index (χ3v) is 5.33. The van der Waals surface area contributed by atoms with Gasteiger partial charge in [0, 0.05) is 57.9 Å². The van der Waals surface area contributed by atoms with Crippen LogP contribution < -0.4 is 10.6 Å². The number of nitrogens with zero attached hydrogens (tertiary/aromatic N) is 4. The summed E-state index contributed by atoms with van der Waals surface area (Å²) in [5, 5.41) is 0. The van der Waals surface area contributed by atoms with Gasteiger partial charge in [-0.3, -0.25) is 9.79 Å². The van der Waals surface area contributed by atoms with Crippen molar-refractivity contribution in [2.24, 2.45) is 10.7 Å². The van der Waals surface area contributed by atoms with Crippen LogP contribution in [0.15, 0.2) is 29.3 Å². The van der Waals surface area contributed by atoms with Crippen LogP contribution in [-0.4, -0.2) is 67.5 Å². The summed E-state index contributed by atoms with van der Waals surface area (Å²) in [4.78, 5) is 22.8. The van der Waals surface area contributed by atoms with E-state index < -0.39 is 0 Å². The molecule has 0 aliphatic carbocycles. The van der Waals surface area contributed by atoms with E-state index in [1.807, 2.05) is 17.0 Å². The molecule has 0 aromatic heterocycles. The molecule has 2 N–H and O–H groups in total. The van der Waals surface area contributed by atoms with Crippen molar-refractivity contribution < 1.29 is 9.18 Å². The van der Waals surface area contributed by atoms with Crippen LogP contribution in [0.3, 0.4) is 0 Å². The first kappa shape index (κ1) is 22.7. The predicted molar refractivity (Wildman–Crippen MR) is 122 cm³/mol. The first-order valence-corrected chi connectivity index (χ1v) is 9.96. The number of guanidine groups is 1. The number of benzene rings is 1. The Labute approximate surface area is 184 Å². The van der Waals surface area contributed by atoms with Gasteiger partial charge in [-0.15, -0.1) is 24.0 Å². The molecule has 2 saturated heterocycles. The quantitative estimate of drug-likeness (QED) is 0.291. The van der Waals surface area contributed by atoms with Gasteiger partial charge < -0.3 is 20.4 Å². The number of nitrogens with two attached hydrogens (primary N) is 1. The molecule has 2 aliphatic heterocycles. The second-order valence-electron chi connectivity index (χ2n) is 7.24. The molecule has 156 valence electrons. The van der Waals surface area contributed by atoms with Crippen molar-refractivity contribution in [2.45, 2.75) is 32.1 Å². The minimum absolute atomic E-state index is 0. The zero-order chi connectivity index (χ0) is 19.1. The Kier molecular flexibility index (Phi) is 9.27. The van der Waals surface area contributed by atoms with E-state index >= 15 is 0 Å². The van der Waals surface area contributed by atoms with Gasteiger partial charge in [0.15, 0.2) is 5.96 Å². The number of piperazine rings is 1. The third kappa shape index (κ3) is 6.49. The van der Waals surface area contributed by atoms with Crippen molar-refractivity contribution >= 4 is 41.5 Å². The molecule has 0 radical (unpaired) electrons. The lowest BCUT2D eigenvalue weighted by atomic mass is 10.2. The molecule has 0 saturated carbocycles. The fraction of sp³-hybridized carbons (Fsp3) is 0.600. The Balaban J connectivity index is 0.00000280. The first-order chi connectivity index (χ1) is 13.1. The van der Waals surface area contributed by atoms with Gasteiger partial charge in [-0.2, -0.15) is 0 Å². The zero-order valence-electron chi connectivity index (χ0n) is 16.4. The van der Waals surface area contributed by atoms with Crippen LogP contribution in [0.5, 0.6) is 0 Å². The normalized spacial score (nSPS) is 18.7. The van der Waals surface area contributed by atoms with Crippen LogP contribution >= 0.6 is 24.0 Å². The fourth-order valence-electron chi connectivity index (χ4n) is 3.68. The minimum Gasteiger partial charge on any atom is -0.370 e. The van der Waals surface area contributed by atoms with Gasteiger partial charge >= 0.3 is 0 Å². The standard InChI is InChI=1S/C20H30FN5O.HI/c21-17-6-8-18(9-7-17)24-13-15-26(16-14-24)20(22)23-10-4-12-25-11-3-1-2-5-19(25)27;/h6-9H,1-5,10-16H2,(H2,22,23);1H. The van der Waals surface area contributed by atoms with Gasteiger partial charge in [-0.1, -0.05) is 6.42 Å². The Morgan fingerprint density at radius 1 is 1.04 bits per heavy atom. The van der Waals surface area contributed by atoms with Crippen molar-refractivity contribution in [3.63, 3.8) is 0 Å². The Morgan fingerprint density at radius 3 is 2.46 bits per heavy atom. The number of rotatable bonds is 5. The Hall–Kier alpha value is -1.58. The molecular weight excluding hydrogens is 472 g/mol. The molecule has 1 amide bonds. The number of likely N-dealkylation sites (tertiary alicyclic amines) is 1. The van der Waals surface area contributed by atoms with Gasteiger partial charge in [0.25, 0.3) is 0 Å². The highest BCUT2D eigenvalue weighted by Crippen LogP contribution is 2.17. The summed E-state index contributed by atoms with van der Waals surface area (Å²) in [5.74, 6) is 0.646. The highest BCUT2D eigenvalue weighted by molar-refractivity contribution is 14.0. The number of carbonyl (C=O) groups is 1. The summed E-state index contributed by atoms with van der Waals surface area (Å²) >= 11 is 0. The van der Waals surface area contributed by atoms with E-state index in [1.54, 1.807) is 0 Å². The summed E-state index contributed by atoms with van der Waals surface area (Å²) in [6, 6.07) is 6.61. The average molecular weight is 503 g/mol. The second-order valence-corrected chi connectivity index (χ2v) is 7.24. The van der Waals surface area contributed by atoms with Crippen LogP contribution in [0, 0.1) is 5.82 Å². The van der Waals surface area contributed by atoms with E-state index in [2.05, 4.69) is 14.8 Å². The maximum Gasteiger partial charge on any atom is 0.222 e. The van der Waals surface area contributed by atoms with Gasteiger partial charge in [0.1, 0.15) is 5.82 Å². The van der Waals surface area contributed by atoms with Crippen molar-refractivity contribution in [1.29, 1.82) is 0 Å². The van der Waals surface area contributed by atoms with E-state index in [0.717, 1.165) is 70.6 Å². The highest BCUT2D eigenvalue weighted by Gasteiger charge is 2.19. The number of hydrogen-bond acceptors (Lipinski definition) is 3. The van der Waals surface area contributed by atoms with Crippen molar-refractivity contribution in [3.05, 3.63) is 30.1 Å². The van der Waals surface area contributed by atoms with E-state index in [0.29, 0.717) is 18.9 Å². The summed E-state index contributed by atoms with van der Waals surface area (Å²) in [6.45, 7) is 5.58.